The summed E-state index contributed by atoms with van der Waals surface area (Å²) in [6.45, 7) is 1.03. The number of nitrogens with one attached hydrogen (secondary N) is 1. The van der Waals surface area contributed by atoms with Crippen molar-refractivity contribution in [1.82, 2.24) is 10.2 Å². The largest absolute Gasteiger partial charge is 0.480 e. The highest BCUT2D eigenvalue weighted by Gasteiger charge is 2.32. The molecule has 6 nitrogen and oxygen atoms in total. The minimum Gasteiger partial charge on any atom is -0.480 e. The Bertz CT molecular complexity index is 1120. The van der Waals surface area contributed by atoms with Crippen molar-refractivity contribution in [2.75, 3.05) is 13.1 Å². The normalized spacial score (nSPS) is 19.3. The number of benzene rings is 2. The molecule has 2 fully saturated rings. The average Bonchev–Trinajstić information content (AvgIpc) is 2.90. The lowest BCUT2D eigenvalue weighted by Crippen LogP contribution is -2.50. The summed E-state index contributed by atoms with van der Waals surface area (Å²) in [4.78, 5) is 39.7. The fraction of sp³-hybridized carbons (Fsp3) is 0.483. The summed E-state index contributed by atoms with van der Waals surface area (Å²) in [5.74, 6) is -1.20. The highest BCUT2D eigenvalue weighted by molar-refractivity contribution is 6.35. The van der Waals surface area contributed by atoms with Crippen LogP contribution >= 0.6 is 23.2 Å². The molecule has 2 aromatic carbocycles. The van der Waals surface area contributed by atoms with Crippen molar-refractivity contribution in [3.8, 4) is 11.1 Å². The molecule has 0 radical (unpaired) electrons. The number of hydrogen-bond donors (Lipinski definition) is 2. The zero-order chi connectivity index (χ0) is 26.4. The zero-order valence-electron chi connectivity index (χ0n) is 20.9. The van der Waals surface area contributed by atoms with Crippen LogP contribution in [-0.2, 0) is 20.8 Å². The zero-order valence-corrected chi connectivity index (χ0v) is 22.4. The summed E-state index contributed by atoms with van der Waals surface area (Å²) in [5.41, 5.74) is 2.44. The van der Waals surface area contributed by atoms with Crippen LogP contribution in [0.15, 0.2) is 42.5 Å². The Morgan fingerprint density at radius 3 is 2.41 bits per heavy atom. The van der Waals surface area contributed by atoms with E-state index in [2.05, 4.69) is 5.32 Å². The molecule has 0 spiro atoms. The lowest BCUT2D eigenvalue weighted by molar-refractivity contribution is -0.144. The molecule has 1 saturated carbocycles. The molecule has 4 rings (SSSR count). The number of piperidine rings is 1. The number of nitrogens with zero attached hydrogens (tertiary/aromatic N) is 1. The van der Waals surface area contributed by atoms with E-state index in [0.29, 0.717) is 41.9 Å². The third-order valence-electron chi connectivity index (χ3n) is 7.58. The molecule has 2 atom stereocenters. The molecule has 1 heterocycles. The Kier molecular flexibility index (Phi) is 9.49. The summed E-state index contributed by atoms with van der Waals surface area (Å²) >= 11 is 12.4. The molecule has 1 aliphatic carbocycles. The molecule has 37 heavy (non-hydrogen) atoms. The minimum atomic E-state index is -1.09. The number of carboxylic acids is 1. The molecule has 2 aliphatic rings. The topological polar surface area (TPSA) is 86.7 Å². The van der Waals surface area contributed by atoms with Gasteiger partial charge in [0.2, 0.25) is 11.8 Å². The smallest absolute Gasteiger partial charge is 0.326 e. The van der Waals surface area contributed by atoms with Crippen molar-refractivity contribution in [3.05, 3.63) is 58.1 Å². The summed E-state index contributed by atoms with van der Waals surface area (Å²) < 4.78 is 0. The van der Waals surface area contributed by atoms with E-state index in [1.807, 2.05) is 24.3 Å². The van der Waals surface area contributed by atoms with Gasteiger partial charge in [0.05, 0.1) is 5.92 Å². The van der Waals surface area contributed by atoms with E-state index in [4.69, 9.17) is 23.2 Å². The Morgan fingerprint density at radius 2 is 1.70 bits per heavy atom. The van der Waals surface area contributed by atoms with E-state index >= 15 is 0 Å². The predicted molar refractivity (Wildman–Crippen MR) is 146 cm³/mol. The van der Waals surface area contributed by atoms with E-state index < -0.39 is 17.9 Å². The van der Waals surface area contributed by atoms with Gasteiger partial charge in [0, 0.05) is 41.5 Å². The maximum Gasteiger partial charge on any atom is 0.326 e. The number of carboxylic acid groups (broad SMARTS) is 1. The first-order valence-electron chi connectivity index (χ1n) is 13.2. The summed E-state index contributed by atoms with van der Waals surface area (Å²) in [7, 11) is 0. The number of carbonyl (C=O) groups is 3. The second-order valence-electron chi connectivity index (χ2n) is 10.3. The van der Waals surface area contributed by atoms with Gasteiger partial charge in [0.25, 0.3) is 0 Å². The van der Waals surface area contributed by atoms with Gasteiger partial charge in [-0.25, -0.2) is 4.79 Å². The standard InChI is InChI=1S/C29H34Cl2N2O4/c30-23-12-13-25(31)24(17-23)21-10-8-20(9-11-21)15-26(29(36)37)32-28(35)22-7-4-14-33(18-22)27(34)16-19-5-2-1-3-6-19/h8-13,17,19,22,26H,1-7,14-16,18H2,(H,32,35)(H,36,37)/t22?,26-/m0/s1. The molecule has 0 aromatic heterocycles. The van der Waals surface area contributed by atoms with Gasteiger partial charge in [-0.15, -0.1) is 0 Å². The lowest BCUT2D eigenvalue weighted by atomic mass is 9.86. The predicted octanol–water partition coefficient (Wildman–Crippen LogP) is 5.98. The van der Waals surface area contributed by atoms with Gasteiger partial charge >= 0.3 is 5.97 Å². The van der Waals surface area contributed by atoms with Crippen molar-refractivity contribution in [2.45, 2.75) is 63.8 Å². The van der Waals surface area contributed by atoms with Crippen molar-refractivity contribution < 1.29 is 19.5 Å². The van der Waals surface area contributed by atoms with Crippen molar-refractivity contribution in [2.24, 2.45) is 11.8 Å². The summed E-state index contributed by atoms with van der Waals surface area (Å²) in [6.07, 6.45) is 7.97. The fourth-order valence-corrected chi connectivity index (χ4v) is 5.85. The number of carbonyl (C=O) groups excluding carboxylic acids is 2. The molecule has 198 valence electrons. The first kappa shape index (κ1) is 27.5. The number of aliphatic carboxylic acids is 1. The number of halogens is 2. The maximum atomic E-state index is 13.0. The molecule has 2 amide bonds. The van der Waals surface area contributed by atoms with E-state index in [0.717, 1.165) is 36.0 Å². The second kappa shape index (κ2) is 12.8. The Labute approximate surface area is 228 Å². The highest BCUT2D eigenvalue weighted by Crippen LogP contribution is 2.31. The first-order chi connectivity index (χ1) is 17.8. The van der Waals surface area contributed by atoms with Crippen LogP contribution in [0, 0.1) is 11.8 Å². The Balaban J connectivity index is 1.34. The van der Waals surface area contributed by atoms with Gasteiger partial charge in [-0.05, 0) is 60.9 Å². The number of likely N-dealkylation sites (tertiary alicyclic amines) is 1. The van der Waals surface area contributed by atoms with E-state index in [1.165, 1.54) is 19.3 Å². The van der Waals surface area contributed by atoms with E-state index in [9.17, 15) is 19.5 Å². The molecule has 2 N–H and O–H groups in total. The third kappa shape index (κ3) is 7.48. The summed E-state index contributed by atoms with van der Waals surface area (Å²) in [6, 6.07) is 11.6. The van der Waals surface area contributed by atoms with E-state index in [-0.39, 0.29) is 18.2 Å². The van der Waals surface area contributed by atoms with Gasteiger partial charge in [0.1, 0.15) is 6.04 Å². The molecular weight excluding hydrogens is 511 g/mol. The number of hydrogen-bond acceptors (Lipinski definition) is 3. The first-order valence-corrected chi connectivity index (χ1v) is 13.9. The van der Waals surface area contributed by atoms with Crippen molar-refractivity contribution >= 4 is 41.0 Å². The molecule has 1 unspecified atom stereocenters. The van der Waals surface area contributed by atoms with E-state index in [1.54, 1.807) is 23.1 Å². The Hall–Kier alpha value is -2.57. The van der Waals surface area contributed by atoms with Crippen LogP contribution in [0.2, 0.25) is 10.0 Å². The maximum absolute atomic E-state index is 13.0. The average molecular weight is 546 g/mol. The van der Waals surface area contributed by atoms with Gasteiger partial charge in [-0.3, -0.25) is 9.59 Å². The monoisotopic (exact) mass is 544 g/mol. The number of amides is 2. The van der Waals surface area contributed by atoms with Gasteiger partial charge in [-0.2, -0.15) is 0 Å². The van der Waals surface area contributed by atoms with Crippen LogP contribution in [0.1, 0.15) is 56.9 Å². The highest BCUT2D eigenvalue weighted by atomic mass is 35.5. The number of rotatable bonds is 8. The summed E-state index contributed by atoms with van der Waals surface area (Å²) in [5, 5.41) is 13.7. The third-order valence-corrected chi connectivity index (χ3v) is 8.15. The second-order valence-corrected chi connectivity index (χ2v) is 11.2. The Morgan fingerprint density at radius 1 is 0.973 bits per heavy atom. The molecule has 8 heteroatoms. The van der Waals surface area contributed by atoms with Gasteiger partial charge in [0.15, 0.2) is 0 Å². The molecule has 2 aromatic rings. The van der Waals surface area contributed by atoms with Crippen LogP contribution in [0.5, 0.6) is 0 Å². The van der Waals surface area contributed by atoms with Crippen LogP contribution in [0.3, 0.4) is 0 Å². The van der Waals surface area contributed by atoms with Gasteiger partial charge in [-0.1, -0.05) is 66.7 Å². The molecule has 1 saturated heterocycles. The van der Waals surface area contributed by atoms with Crippen molar-refractivity contribution in [3.63, 3.8) is 0 Å². The van der Waals surface area contributed by atoms with Crippen LogP contribution in [0.4, 0.5) is 0 Å². The van der Waals surface area contributed by atoms with Crippen LogP contribution in [0.25, 0.3) is 11.1 Å². The fourth-order valence-electron chi connectivity index (χ4n) is 5.45. The molecular formula is C29H34Cl2N2O4. The lowest BCUT2D eigenvalue weighted by Gasteiger charge is -2.34. The SMILES string of the molecule is O=C(N[C@@H](Cc1ccc(-c2cc(Cl)ccc2Cl)cc1)C(=O)O)C1CCCN(C(=O)CC2CCCCC2)C1. The van der Waals surface area contributed by atoms with Crippen molar-refractivity contribution in [1.29, 1.82) is 0 Å². The van der Waals surface area contributed by atoms with Crippen LogP contribution in [-0.4, -0.2) is 46.9 Å². The minimum absolute atomic E-state index is 0.124. The van der Waals surface area contributed by atoms with Gasteiger partial charge < -0.3 is 15.3 Å². The quantitative estimate of drug-likeness (QED) is 0.427. The van der Waals surface area contributed by atoms with Crippen LogP contribution < -0.4 is 5.32 Å². The molecule has 0 bridgehead atoms. The molecule has 1 aliphatic heterocycles.